The fourth-order valence-corrected chi connectivity index (χ4v) is 2.12. The van der Waals surface area contributed by atoms with Crippen molar-refractivity contribution in [1.82, 2.24) is 10.2 Å². The van der Waals surface area contributed by atoms with E-state index >= 15 is 0 Å². The number of nitrogens with one attached hydrogen (secondary N) is 1. The van der Waals surface area contributed by atoms with Crippen LogP contribution in [0.1, 0.15) is 24.9 Å². The summed E-state index contributed by atoms with van der Waals surface area (Å²) in [5.41, 5.74) is 0.724. The summed E-state index contributed by atoms with van der Waals surface area (Å²) in [4.78, 5) is 2.06. The van der Waals surface area contributed by atoms with E-state index in [9.17, 15) is 4.39 Å². The molecule has 0 heterocycles. The zero-order chi connectivity index (χ0) is 12.8. The van der Waals surface area contributed by atoms with Crippen molar-refractivity contribution < 1.29 is 4.39 Å². The number of nitrogens with zero attached hydrogens (tertiary/aromatic N) is 1. The molecule has 1 aromatic rings. The lowest BCUT2D eigenvalue weighted by molar-refractivity contribution is 0.336. The predicted octanol–water partition coefficient (Wildman–Crippen LogP) is 3.19. The lowest BCUT2D eigenvalue weighted by Crippen LogP contribution is -2.32. The molecule has 4 heteroatoms. The second kappa shape index (κ2) is 7.09. The quantitative estimate of drug-likeness (QED) is 0.868. The summed E-state index contributed by atoms with van der Waals surface area (Å²) in [6.07, 6.45) is 1.04. The maximum Gasteiger partial charge on any atom is 0.128 e. The first-order valence-corrected chi connectivity index (χ1v) is 6.67. The third-order valence-corrected chi connectivity index (χ3v) is 3.02. The Morgan fingerprint density at radius 3 is 2.71 bits per heavy atom. The zero-order valence-corrected chi connectivity index (χ0v) is 12.2. The Morgan fingerprint density at radius 2 is 2.12 bits per heavy atom. The first kappa shape index (κ1) is 14.6. The SMILES string of the molecule is CCCNC(CN(C)C)c1cc(Br)ccc1F. The van der Waals surface area contributed by atoms with Crippen LogP contribution in [0.25, 0.3) is 0 Å². The van der Waals surface area contributed by atoms with Crippen LogP contribution in [-0.4, -0.2) is 32.1 Å². The standard InChI is InChI=1S/C13H20BrFN2/c1-4-7-16-13(9-17(2)3)11-8-10(14)5-6-12(11)15/h5-6,8,13,16H,4,7,9H2,1-3H3. The van der Waals surface area contributed by atoms with E-state index in [4.69, 9.17) is 0 Å². The molecular formula is C13H20BrFN2. The summed E-state index contributed by atoms with van der Waals surface area (Å²) < 4.78 is 14.7. The molecule has 0 aliphatic rings. The van der Waals surface area contributed by atoms with E-state index in [0.717, 1.165) is 29.5 Å². The molecule has 17 heavy (non-hydrogen) atoms. The van der Waals surface area contributed by atoms with Crippen LogP contribution in [-0.2, 0) is 0 Å². The molecule has 96 valence electrons. The lowest BCUT2D eigenvalue weighted by Gasteiger charge is -2.23. The van der Waals surface area contributed by atoms with Crippen LogP contribution >= 0.6 is 15.9 Å². The van der Waals surface area contributed by atoms with Crippen LogP contribution in [0.15, 0.2) is 22.7 Å². The van der Waals surface area contributed by atoms with E-state index in [0.29, 0.717) is 0 Å². The minimum absolute atomic E-state index is 0.0300. The van der Waals surface area contributed by atoms with Crippen molar-refractivity contribution in [1.29, 1.82) is 0 Å². The summed E-state index contributed by atoms with van der Waals surface area (Å²) >= 11 is 3.39. The Kier molecular flexibility index (Phi) is 6.09. The van der Waals surface area contributed by atoms with Crippen LogP contribution in [0, 0.1) is 5.82 Å². The van der Waals surface area contributed by atoms with Gasteiger partial charge in [-0.3, -0.25) is 0 Å². The third-order valence-electron chi connectivity index (χ3n) is 2.52. The first-order valence-electron chi connectivity index (χ1n) is 5.87. The predicted molar refractivity (Wildman–Crippen MR) is 73.7 cm³/mol. The second-order valence-corrected chi connectivity index (χ2v) is 5.35. The molecular weight excluding hydrogens is 283 g/mol. The van der Waals surface area contributed by atoms with Gasteiger partial charge in [0.15, 0.2) is 0 Å². The molecule has 1 rings (SSSR count). The molecule has 0 aliphatic heterocycles. The molecule has 0 saturated carbocycles. The third kappa shape index (κ3) is 4.74. The number of rotatable bonds is 6. The van der Waals surface area contributed by atoms with Crippen LogP contribution < -0.4 is 5.32 Å². The molecule has 2 nitrogen and oxygen atoms in total. The van der Waals surface area contributed by atoms with Gasteiger partial charge in [0.05, 0.1) is 0 Å². The summed E-state index contributed by atoms with van der Waals surface area (Å²) in [6.45, 7) is 3.79. The number of hydrogen-bond donors (Lipinski definition) is 1. The maximum atomic E-state index is 13.8. The highest BCUT2D eigenvalue weighted by Gasteiger charge is 2.16. The fourth-order valence-electron chi connectivity index (χ4n) is 1.74. The molecule has 1 N–H and O–H groups in total. The maximum absolute atomic E-state index is 13.8. The average molecular weight is 303 g/mol. The van der Waals surface area contributed by atoms with E-state index in [1.54, 1.807) is 6.07 Å². The molecule has 0 spiro atoms. The van der Waals surface area contributed by atoms with Crippen molar-refractivity contribution in [2.24, 2.45) is 0 Å². The van der Waals surface area contributed by atoms with Crippen molar-refractivity contribution >= 4 is 15.9 Å². The normalized spacial score (nSPS) is 13.1. The minimum Gasteiger partial charge on any atom is -0.309 e. The van der Waals surface area contributed by atoms with E-state index in [2.05, 4.69) is 33.1 Å². The van der Waals surface area contributed by atoms with Crippen molar-refractivity contribution in [3.05, 3.63) is 34.1 Å². The van der Waals surface area contributed by atoms with Crippen LogP contribution in [0.5, 0.6) is 0 Å². The van der Waals surface area contributed by atoms with E-state index in [1.165, 1.54) is 6.07 Å². The van der Waals surface area contributed by atoms with Crippen molar-refractivity contribution in [2.45, 2.75) is 19.4 Å². The van der Waals surface area contributed by atoms with Crippen LogP contribution in [0.4, 0.5) is 4.39 Å². The van der Waals surface area contributed by atoms with Gasteiger partial charge in [0.2, 0.25) is 0 Å². The van der Waals surface area contributed by atoms with Gasteiger partial charge in [0, 0.05) is 22.6 Å². The van der Waals surface area contributed by atoms with Gasteiger partial charge in [0.1, 0.15) is 5.82 Å². The van der Waals surface area contributed by atoms with Crippen molar-refractivity contribution in [3.8, 4) is 0 Å². The zero-order valence-electron chi connectivity index (χ0n) is 10.6. The highest BCUT2D eigenvalue weighted by atomic mass is 79.9. The Morgan fingerprint density at radius 1 is 1.41 bits per heavy atom. The van der Waals surface area contributed by atoms with E-state index in [-0.39, 0.29) is 11.9 Å². The molecule has 1 atom stereocenters. The largest absolute Gasteiger partial charge is 0.309 e. The van der Waals surface area contributed by atoms with Gasteiger partial charge in [0.25, 0.3) is 0 Å². The monoisotopic (exact) mass is 302 g/mol. The fraction of sp³-hybridized carbons (Fsp3) is 0.538. The molecule has 0 bridgehead atoms. The number of halogens is 2. The van der Waals surface area contributed by atoms with Gasteiger partial charge in [-0.2, -0.15) is 0 Å². The number of likely N-dealkylation sites (N-methyl/N-ethyl adjacent to an activating group) is 1. The average Bonchev–Trinajstić information content (AvgIpc) is 2.27. The Balaban J connectivity index is 2.90. The minimum atomic E-state index is -0.149. The van der Waals surface area contributed by atoms with Crippen LogP contribution in [0.3, 0.4) is 0 Å². The number of benzene rings is 1. The lowest BCUT2D eigenvalue weighted by atomic mass is 10.1. The first-order chi connectivity index (χ1) is 8.04. The summed E-state index contributed by atoms with van der Waals surface area (Å²) in [5, 5.41) is 3.38. The second-order valence-electron chi connectivity index (χ2n) is 4.43. The van der Waals surface area contributed by atoms with Gasteiger partial charge in [-0.05, 0) is 45.3 Å². The van der Waals surface area contributed by atoms with Gasteiger partial charge in [-0.1, -0.05) is 22.9 Å². The molecule has 0 radical (unpaired) electrons. The molecule has 0 amide bonds. The highest BCUT2D eigenvalue weighted by molar-refractivity contribution is 9.10. The van der Waals surface area contributed by atoms with E-state index in [1.807, 2.05) is 20.2 Å². The molecule has 1 unspecified atom stereocenters. The topological polar surface area (TPSA) is 15.3 Å². The molecule has 0 fully saturated rings. The van der Waals surface area contributed by atoms with Crippen molar-refractivity contribution in [2.75, 3.05) is 27.2 Å². The molecule has 0 aliphatic carbocycles. The molecule has 0 aromatic heterocycles. The van der Waals surface area contributed by atoms with Gasteiger partial charge >= 0.3 is 0 Å². The Bertz CT molecular complexity index is 355. The summed E-state index contributed by atoms with van der Waals surface area (Å²) in [6, 6.07) is 5.12. The summed E-state index contributed by atoms with van der Waals surface area (Å²) in [7, 11) is 3.99. The highest BCUT2D eigenvalue weighted by Crippen LogP contribution is 2.22. The Hall–Kier alpha value is -0.450. The smallest absolute Gasteiger partial charge is 0.128 e. The number of hydrogen-bond acceptors (Lipinski definition) is 2. The van der Waals surface area contributed by atoms with E-state index < -0.39 is 0 Å². The van der Waals surface area contributed by atoms with Crippen molar-refractivity contribution in [3.63, 3.8) is 0 Å². The summed E-state index contributed by atoms with van der Waals surface area (Å²) in [5.74, 6) is -0.149. The molecule has 0 saturated heterocycles. The van der Waals surface area contributed by atoms with Gasteiger partial charge in [-0.15, -0.1) is 0 Å². The van der Waals surface area contributed by atoms with Gasteiger partial charge in [-0.25, -0.2) is 4.39 Å². The van der Waals surface area contributed by atoms with Gasteiger partial charge < -0.3 is 10.2 Å². The Labute approximate surface area is 111 Å². The molecule has 1 aromatic carbocycles. The van der Waals surface area contributed by atoms with Crippen LogP contribution in [0.2, 0.25) is 0 Å².